The molecule has 0 aliphatic carbocycles. The number of aromatic nitrogens is 2. The maximum Gasteiger partial charge on any atom is 0.187 e. The Hall–Kier alpha value is -1.90. The van der Waals surface area contributed by atoms with E-state index >= 15 is 0 Å². The number of ketones is 1. The van der Waals surface area contributed by atoms with Gasteiger partial charge in [0.2, 0.25) is 0 Å². The fourth-order valence-electron chi connectivity index (χ4n) is 1.86. The molecular formula is C14H16N2O. The molecule has 17 heavy (non-hydrogen) atoms. The van der Waals surface area contributed by atoms with Crippen LogP contribution < -0.4 is 0 Å². The maximum atomic E-state index is 12.4. The van der Waals surface area contributed by atoms with Crippen molar-refractivity contribution in [1.82, 2.24) is 9.78 Å². The third-order valence-corrected chi connectivity index (χ3v) is 2.96. The highest BCUT2D eigenvalue weighted by molar-refractivity contribution is 6.00. The van der Waals surface area contributed by atoms with Crippen LogP contribution in [0.1, 0.15) is 34.5 Å². The summed E-state index contributed by atoms with van der Waals surface area (Å²) in [6.45, 7) is 5.83. The highest BCUT2D eigenvalue weighted by Crippen LogP contribution is 2.18. The van der Waals surface area contributed by atoms with Crippen molar-refractivity contribution in [2.24, 2.45) is 0 Å². The molecule has 0 radical (unpaired) electrons. The van der Waals surface area contributed by atoms with Crippen LogP contribution in [-0.2, 0) is 0 Å². The molecule has 0 aliphatic heterocycles. The molecule has 88 valence electrons. The predicted molar refractivity (Wildman–Crippen MR) is 67.2 cm³/mol. The van der Waals surface area contributed by atoms with Crippen LogP contribution in [0, 0.1) is 13.8 Å². The standard InChI is InChI=1S/C14H16N2O/c1-10-5-6-11(2)13(9-10)14(17)12(3)16-8-4-7-15-16/h4-9,12H,1-3H3. The average molecular weight is 228 g/mol. The largest absolute Gasteiger partial charge is 0.292 e. The van der Waals surface area contributed by atoms with Crippen LogP contribution in [0.25, 0.3) is 0 Å². The summed E-state index contributed by atoms with van der Waals surface area (Å²) in [6, 6.07) is 7.51. The zero-order valence-electron chi connectivity index (χ0n) is 10.3. The van der Waals surface area contributed by atoms with E-state index < -0.39 is 0 Å². The van der Waals surface area contributed by atoms with Gasteiger partial charge in [-0.25, -0.2) is 0 Å². The predicted octanol–water partition coefficient (Wildman–Crippen LogP) is 2.94. The van der Waals surface area contributed by atoms with Gasteiger partial charge in [-0.3, -0.25) is 9.48 Å². The molecule has 0 fully saturated rings. The van der Waals surface area contributed by atoms with E-state index in [0.717, 1.165) is 16.7 Å². The summed E-state index contributed by atoms with van der Waals surface area (Å²) in [6.07, 6.45) is 3.50. The van der Waals surface area contributed by atoms with E-state index in [1.807, 2.05) is 51.2 Å². The van der Waals surface area contributed by atoms with Crippen LogP contribution in [0.15, 0.2) is 36.7 Å². The van der Waals surface area contributed by atoms with Crippen molar-refractivity contribution < 1.29 is 4.79 Å². The number of nitrogens with zero attached hydrogens (tertiary/aromatic N) is 2. The number of Topliss-reactive ketones (excluding diaryl/α,β-unsaturated/α-hetero) is 1. The van der Waals surface area contributed by atoms with Gasteiger partial charge in [-0.2, -0.15) is 5.10 Å². The molecule has 1 unspecified atom stereocenters. The molecule has 0 aliphatic rings. The number of hydrogen-bond donors (Lipinski definition) is 0. The topological polar surface area (TPSA) is 34.9 Å². The molecular weight excluding hydrogens is 212 g/mol. The minimum Gasteiger partial charge on any atom is -0.292 e. The van der Waals surface area contributed by atoms with E-state index in [0.29, 0.717) is 0 Å². The molecule has 1 atom stereocenters. The van der Waals surface area contributed by atoms with E-state index in [2.05, 4.69) is 5.10 Å². The van der Waals surface area contributed by atoms with E-state index in [-0.39, 0.29) is 11.8 Å². The Morgan fingerprint density at radius 1 is 1.35 bits per heavy atom. The van der Waals surface area contributed by atoms with Gasteiger partial charge >= 0.3 is 0 Å². The molecule has 2 rings (SSSR count). The van der Waals surface area contributed by atoms with Crippen LogP contribution in [0.5, 0.6) is 0 Å². The molecule has 1 aromatic heterocycles. The Labute approximate surface area is 101 Å². The summed E-state index contributed by atoms with van der Waals surface area (Å²) in [7, 11) is 0. The zero-order chi connectivity index (χ0) is 12.4. The molecule has 3 heteroatoms. The summed E-state index contributed by atoms with van der Waals surface area (Å²) in [5, 5.41) is 4.11. The Kier molecular flexibility index (Phi) is 3.09. The lowest BCUT2D eigenvalue weighted by Gasteiger charge is -2.13. The second kappa shape index (κ2) is 4.53. The fraction of sp³-hybridized carbons (Fsp3) is 0.286. The highest BCUT2D eigenvalue weighted by atomic mass is 16.1. The van der Waals surface area contributed by atoms with E-state index in [1.165, 1.54) is 0 Å². The van der Waals surface area contributed by atoms with E-state index in [9.17, 15) is 4.79 Å². The summed E-state index contributed by atoms with van der Waals surface area (Å²) in [4.78, 5) is 12.4. The molecule has 0 N–H and O–H groups in total. The van der Waals surface area contributed by atoms with Gasteiger partial charge in [-0.1, -0.05) is 17.7 Å². The number of hydrogen-bond acceptors (Lipinski definition) is 2. The monoisotopic (exact) mass is 228 g/mol. The van der Waals surface area contributed by atoms with Gasteiger partial charge in [0.15, 0.2) is 5.78 Å². The Morgan fingerprint density at radius 3 is 2.76 bits per heavy atom. The van der Waals surface area contributed by atoms with Gasteiger partial charge in [-0.15, -0.1) is 0 Å². The van der Waals surface area contributed by atoms with Crippen molar-refractivity contribution in [2.45, 2.75) is 26.8 Å². The average Bonchev–Trinajstić information content (AvgIpc) is 2.84. The lowest BCUT2D eigenvalue weighted by molar-refractivity contribution is 0.0927. The Bertz CT molecular complexity index is 529. The summed E-state index contributed by atoms with van der Waals surface area (Å²) in [5.74, 6) is 0.106. The molecule has 1 aromatic carbocycles. The zero-order valence-corrected chi connectivity index (χ0v) is 10.3. The maximum absolute atomic E-state index is 12.4. The number of carbonyl (C=O) groups excluding carboxylic acids is 1. The SMILES string of the molecule is Cc1ccc(C)c(C(=O)C(C)n2cccn2)c1. The first-order chi connectivity index (χ1) is 8.09. The van der Waals surface area contributed by atoms with Crippen LogP contribution in [0.3, 0.4) is 0 Å². The van der Waals surface area contributed by atoms with Crippen molar-refractivity contribution in [2.75, 3.05) is 0 Å². The van der Waals surface area contributed by atoms with Gasteiger partial charge in [0.1, 0.15) is 6.04 Å². The van der Waals surface area contributed by atoms with E-state index in [1.54, 1.807) is 10.9 Å². The highest BCUT2D eigenvalue weighted by Gasteiger charge is 2.18. The molecule has 0 amide bonds. The van der Waals surface area contributed by atoms with Gasteiger partial charge in [0, 0.05) is 18.0 Å². The van der Waals surface area contributed by atoms with Gasteiger partial charge in [0.05, 0.1) is 0 Å². The van der Waals surface area contributed by atoms with Crippen LogP contribution in [0.2, 0.25) is 0 Å². The van der Waals surface area contributed by atoms with E-state index in [4.69, 9.17) is 0 Å². The Balaban J connectivity index is 2.34. The number of benzene rings is 1. The summed E-state index contributed by atoms with van der Waals surface area (Å²) < 4.78 is 1.68. The molecule has 0 saturated carbocycles. The lowest BCUT2D eigenvalue weighted by Crippen LogP contribution is -2.18. The molecule has 3 nitrogen and oxygen atoms in total. The molecule has 0 bridgehead atoms. The molecule has 0 spiro atoms. The Morgan fingerprint density at radius 2 is 2.12 bits per heavy atom. The molecule has 2 aromatic rings. The summed E-state index contributed by atoms with van der Waals surface area (Å²) in [5.41, 5.74) is 2.90. The van der Waals surface area contributed by atoms with Crippen molar-refractivity contribution in [1.29, 1.82) is 0 Å². The second-order valence-electron chi connectivity index (χ2n) is 4.34. The minimum atomic E-state index is -0.259. The van der Waals surface area contributed by atoms with Gasteiger partial charge < -0.3 is 0 Å². The van der Waals surface area contributed by atoms with Crippen molar-refractivity contribution in [3.63, 3.8) is 0 Å². The van der Waals surface area contributed by atoms with Crippen molar-refractivity contribution in [3.05, 3.63) is 53.3 Å². The first-order valence-corrected chi connectivity index (χ1v) is 5.70. The quantitative estimate of drug-likeness (QED) is 0.757. The van der Waals surface area contributed by atoms with Crippen molar-refractivity contribution in [3.8, 4) is 0 Å². The van der Waals surface area contributed by atoms with Gasteiger partial charge in [0.25, 0.3) is 0 Å². The third kappa shape index (κ3) is 2.28. The smallest absolute Gasteiger partial charge is 0.187 e. The first-order valence-electron chi connectivity index (χ1n) is 5.70. The second-order valence-corrected chi connectivity index (χ2v) is 4.34. The lowest BCUT2D eigenvalue weighted by atomic mass is 9.98. The summed E-state index contributed by atoms with van der Waals surface area (Å²) >= 11 is 0. The number of carbonyl (C=O) groups is 1. The van der Waals surface area contributed by atoms with Crippen LogP contribution in [0.4, 0.5) is 0 Å². The molecule has 1 heterocycles. The van der Waals surface area contributed by atoms with Crippen molar-refractivity contribution >= 4 is 5.78 Å². The van der Waals surface area contributed by atoms with Crippen LogP contribution >= 0.6 is 0 Å². The van der Waals surface area contributed by atoms with Crippen LogP contribution in [-0.4, -0.2) is 15.6 Å². The normalized spacial score (nSPS) is 12.4. The first kappa shape index (κ1) is 11.6. The third-order valence-electron chi connectivity index (χ3n) is 2.96. The minimum absolute atomic E-state index is 0.106. The van der Waals surface area contributed by atoms with Gasteiger partial charge in [-0.05, 0) is 38.5 Å². The number of rotatable bonds is 3. The number of aryl methyl sites for hydroxylation is 2. The fourth-order valence-corrected chi connectivity index (χ4v) is 1.86. The molecule has 0 saturated heterocycles.